The summed E-state index contributed by atoms with van der Waals surface area (Å²) in [6.07, 6.45) is 3.16. The summed E-state index contributed by atoms with van der Waals surface area (Å²) >= 11 is 6.01. The van der Waals surface area contributed by atoms with Crippen LogP contribution in [0.1, 0.15) is 18.2 Å². The van der Waals surface area contributed by atoms with Crippen LogP contribution in [-0.4, -0.2) is 33.0 Å². The number of aromatic nitrogens is 2. The van der Waals surface area contributed by atoms with Crippen LogP contribution in [0.5, 0.6) is 0 Å². The van der Waals surface area contributed by atoms with E-state index in [1.807, 2.05) is 35.9 Å². The fourth-order valence-electron chi connectivity index (χ4n) is 3.52. The van der Waals surface area contributed by atoms with Gasteiger partial charge >= 0.3 is 0 Å². The van der Waals surface area contributed by atoms with E-state index in [1.54, 1.807) is 18.4 Å². The van der Waals surface area contributed by atoms with Crippen LogP contribution in [0.25, 0.3) is 16.9 Å². The van der Waals surface area contributed by atoms with Crippen LogP contribution in [-0.2, 0) is 28.4 Å². The first kappa shape index (κ1) is 19.3. The highest BCUT2D eigenvalue weighted by Gasteiger charge is 2.24. The molecule has 4 nitrogen and oxygen atoms in total. The number of fused-ring (bicyclic) bond motifs is 1. The minimum Gasteiger partial charge on any atom is -0.378 e. The van der Waals surface area contributed by atoms with Gasteiger partial charge in [-0.25, -0.2) is 9.07 Å². The lowest BCUT2D eigenvalue weighted by Gasteiger charge is -2.11. The topological polar surface area (TPSA) is 44.1 Å². The van der Waals surface area contributed by atoms with Gasteiger partial charge in [0.2, 0.25) is 0 Å². The van der Waals surface area contributed by atoms with Gasteiger partial charge in [0.15, 0.2) is 0 Å². The smallest absolute Gasteiger partial charge is 0.141 e. The van der Waals surface area contributed by atoms with Gasteiger partial charge in [0.1, 0.15) is 5.82 Å². The molecule has 0 fully saturated rings. The maximum Gasteiger partial charge on any atom is 0.141 e. The van der Waals surface area contributed by atoms with Crippen LogP contribution in [0, 0.1) is 5.82 Å². The molecule has 1 unspecified atom stereocenters. The molecule has 1 aliphatic rings. The van der Waals surface area contributed by atoms with E-state index in [0.29, 0.717) is 18.7 Å². The molecule has 0 bridgehead atoms. The Hall–Kier alpha value is -2.02. The number of rotatable bonds is 3. The van der Waals surface area contributed by atoms with Gasteiger partial charge in [0, 0.05) is 39.5 Å². The SMILES string of the molecule is C[C@@H]1Cc2c(c(-c3ccc(S(C)=O)cc3)nn2-c2ccc(F)c(Cl)c2)CCO1. The number of hydrogen-bond acceptors (Lipinski definition) is 3. The first-order valence-corrected chi connectivity index (χ1v) is 11.0. The van der Waals surface area contributed by atoms with Gasteiger partial charge < -0.3 is 4.74 Å². The molecular weight excluding hydrogens is 399 g/mol. The fraction of sp³-hybridized carbons (Fsp3) is 0.286. The summed E-state index contributed by atoms with van der Waals surface area (Å²) in [5.74, 6) is -0.455. The fourth-order valence-corrected chi connectivity index (χ4v) is 4.21. The van der Waals surface area contributed by atoms with E-state index < -0.39 is 16.6 Å². The molecule has 28 heavy (non-hydrogen) atoms. The van der Waals surface area contributed by atoms with Gasteiger partial charge in [0.05, 0.1) is 34.8 Å². The maximum atomic E-state index is 13.6. The molecule has 1 aliphatic heterocycles. The Bertz CT molecular complexity index is 1050. The third kappa shape index (κ3) is 3.64. The van der Waals surface area contributed by atoms with Crippen molar-refractivity contribution in [1.29, 1.82) is 0 Å². The number of benzene rings is 2. The lowest BCUT2D eigenvalue weighted by Crippen LogP contribution is -2.13. The highest BCUT2D eigenvalue weighted by Crippen LogP contribution is 2.32. The van der Waals surface area contributed by atoms with E-state index in [9.17, 15) is 8.60 Å². The van der Waals surface area contributed by atoms with Crippen LogP contribution < -0.4 is 0 Å². The molecular formula is C21H20ClFN2O2S. The van der Waals surface area contributed by atoms with Crippen molar-refractivity contribution in [2.24, 2.45) is 0 Å². The van der Waals surface area contributed by atoms with Crippen LogP contribution >= 0.6 is 11.6 Å². The van der Waals surface area contributed by atoms with Crippen molar-refractivity contribution in [2.75, 3.05) is 12.9 Å². The highest BCUT2D eigenvalue weighted by molar-refractivity contribution is 7.84. The van der Waals surface area contributed by atoms with Gasteiger partial charge in [0.25, 0.3) is 0 Å². The van der Waals surface area contributed by atoms with Crippen molar-refractivity contribution >= 4 is 22.4 Å². The molecule has 0 radical (unpaired) electrons. The second-order valence-corrected chi connectivity index (χ2v) is 8.68. The largest absolute Gasteiger partial charge is 0.378 e. The van der Waals surface area contributed by atoms with Crippen molar-refractivity contribution in [1.82, 2.24) is 9.78 Å². The zero-order valence-electron chi connectivity index (χ0n) is 15.6. The monoisotopic (exact) mass is 418 g/mol. The Balaban J connectivity index is 1.87. The van der Waals surface area contributed by atoms with E-state index in [1.165, 1.54) is 6.07 Å². The molecule has 146 valence electrons. The Kier molecular flexibility index (Phi) is 5.36. The van der Waals surface area contributed by atoms with E-state index >= 15 is 0 Å². The van der Waals surface area contributed by atoms with Gasteiger partial charge in [-0.05, 0) is 43.7 Å². The number of hydrogen-bond donors (Lipinski definition) is 0. The molecule has 2 atom stereocenters. The number of nitrogens with zero attached hydrogens (tertiary/aromatic N) is 2. The second kappa shape index (κ2) is 7.78. The molecule has 0 spiro atoms. The van der Waals surface area contributed by atoms with E-state index in [-0.39, 0.29) is 11.1 Å². The van der Waals surface area contributed by atoms with Crippen molar-refractivity contribution in [3.05, 3.63) is 64.6 Å². The molecule has 1 aromatic heterocycles. The number of ether oxygens (including phenoxy) is 1. The minimum atomic E-state index is -1.03. The van der Waals surface area contributed by atoms with E-state index in [4.69, 9.17) is 21.4 Å². The maximum absolute atomic E-state index is 13.6. The standard InChI is InChI=1S/C21H20ClFN2O2S/c1-13-11-20-17(9-10-27-13)21(14-3-6-16(7-4-14)28(2)26)24-25(20)15-5-8-19(23)18(22)12-15/h3-8,12-13H,9-11H2,1-2H3/t13-,28?/m1/s1. The highest BCUT2D eigenvalue weighted by atomic mass is 35.5. The summed E-state index contributed by atoms with van der Waals surface area (Å²) in [6.45, 7) is 2.66. The van der Waals surface area contributed by atoms with Gasteiger partial charge in [-0.2, -0.15) is 5.10 Å². The summed E-state index contributed by atoms with van der Waals surface area (Å²) < 4.78 is 33.0. The van der Waals surface area contributed by atoms with Gasteiger partial charge in [-0.1, -0.05) is 23.7 Å². The summed E-state index contributed by atoms with van der Waals surface area (Å²) in [5, 5.41) is 4.92. The van der Waals surface area contributed by atoms with Crippen LogP contribution in [0.2, 0.25) is 5.02 Å². The molecule has 4 rings (SSSR count). The molecule has 2 heterocycles. The molecule has 0 aliphatic carbocycles. The lowest BCUT2D eigenvalue weighted by atomic mass is 10.0. The quantitative estimate of drug-likeness (QED) is 0.625. The second-order valence-electron chi connectivity index (χ2n) is 6.90. The van der Waals surface area contributed by atoms with Crippen LogP contribution in [0.4, 0.5) is 4.39 Å². The third-order valence-corrected chi connectivity index (χ3v) is 6.16. The molecule has 0 N–H and O–H groups in total. The zero-order valence-corrected chi connectivity index (χ0v) is 17.2. The third-order valence-electron chi connectivity index (χ3n) is 4.93. The Morgan fingerprint density at radius 3 is 2.68 bits per heavy atom. The molecule has 3 aromatic rings. The van der Waals surface area contributed by atoms with E-state index in [2.05, 4.69) is 0 Å². The van der Waals surface area contributed by atoms with Crippen LogP contribution in [0.3, 0.4) is 0 Å². The predicted octanol–water partition coefficient (Wildman–Crippen LogP) is 4.57. The van der Waals surface area contributed by atoms with E-state index in [0.717, 1.165) is 33.8 Å². The average molecular weight is 419 g/mol. The zero-order chi connectivity index (χ0) is 19.8. The summed E-state index contributed by atoms with van der Waals surface area (Å²) in [7, 11) is -1.03. The number of halogens is 2. The summed E-state index contributed by atoms with van der Waals surface area (Å²) in [6, 6.07) is 12.2. The van der Waals surface area contributed by atoms with Gasteiger partial charge in [-0.3, -0.25) is 4.21 Å². The van der Waals surface area contributed by atoms with Crippen molar-refractivity contribution < 1.29 is 13.3 Å². The average Bonchev–Trinajstić information content (AvgIpc) is 2.90. The van der Waals surface area contributed by atoms with Crippen molar-refractivity contribution in [3.63, 3.8) is 0 Å². The Morgan fingerprint density at radius 1 is 1.25 bits per heavy atom. The summed E-state index contributed by atoms with van der Waals surface area (Å²) in [4.78, 5) is 0.775. The molecule has 0 amide bonds. The molecule has 0 saturated heterocycles. The van der Waals surface area contributed by atoms with Crippen molar-refractivity contribution in [3.8, 4) is 16.9 Å². The minimum absolute atomic E-state index is 0.0605. The Labute approximate surface area is 170 Å². The predicted molar refractivity (Wildman–Crippen MR) is 109 cm³/mol. The van der Waals surface area contributed by atoms with Crippen LogP contribution in [0.15, 0.2) is 47.4 Å². The van der Waals surface area contributed by atoms with Gasteiger partial charge in [-0.15, -0.1) is 0 Å². The normalized spacial score (nSPS) is 17.8. The molecule has 7 heteroatoms. The summed E-state index contributed by atoms with van der Waals surface area (Å²) in [5.41, 5.74) is 4.70. The molecule has 0 saturated carbocycles. The lowest BCUT2D eigenvalue weighted by molar-refractivity contribution is 0.0735. The Morgan fingerprint density at radius 2 is 2.00 bits per heavy atom. The first-order valence-electron chi connectivity index (χ1n) is 9.05. The molecule has 2 aromatic carbocycles. The first-order chi connectivity index (χ1) is 13.4. The van der Waals surface area contributed by atoms with Crippen molar-refractivity contribution in [2.45, 2.75) is 30.8 Å².